The molecule has 0 radical (unpaired) electrons. The molecule has 1 aliphatic rings. The molecule has 1 aromatic carbocycles. The number of benzene rings is 1. The van der Waals surface area contributed by atoms with Crippen molar-refractivity contribution in [3.05, 3.63) is 29.3 Å². The third kappa shape index (κ3) is 2.46. The van der Waals surface area contributed by atoms with E-state index in [9.17, 15) is 10.2 Å². The summed E-state index contributed by atoms with van der Waals surface area (Å²) in [5, 5.41) is 19.8. The molecule has 5 heteroatoms. The molecule has 0 amide bonds. The molecule has 1 fully saturated rings. The molecule has 17 heavy (non-hydrogen) atoms. The molecule has 2 rings (SSSR count). The van der Waals surface area contributed by atoms with Crippen LogP contribution < -0.4 is 0 Å². The fourth-order valence-corrected chi connectivity index (χ4v) is 2.64. The third-order valence-corrected chi connectivity index (χ3v) is 3.82. The average Bonchev–Trinajstić information content (AvgIpc) is 2.50. The fraction of sp³-hybridized carbons (Fsp3) is 0.417. The van der Waals surface area contributed by atoms with E-state index in [1.165, 1.54) is 17.3 Å². The predicted octanol–water partition coefficient (Wildman–Crippen LogP) is 1.61. The van der Waals surface area contributed by atoms with Crippen molar-refractivity contribution in [3.8, 4) is 0 Å². The number of nitrogens with zero attached hydrogens (tertiary/aromatic N) is 2. The first-order chi connectivity index (χ1) is 7.99. The highest BCUT2D eigenvalue weighted by Crippen LogP contribution is 2.30. The molecular weight excluding hydrogens is 236 g/mol. The summed E-state index contributed by atoms with van der Waals surface area (Å²) in [6.45, 7) is 4.03. The molecule has 1 heterocycles. The minimum Gasteiger partial charge on any atom is -0.377 e. The Kier molecular flexibility index (Phi) is 3.42. The first-order valence-electron chi connectivity index (χ1n) is 5.40. The zero-order valence-corrected chi connectivity index (χ0v) is 10.9. The molecule has 1 aromatic rings. The van der Waals surface area contributed by atoms with E-state index in [0.29, 0.717) is 5.17 Å². The van der Waals surface area contributed by atoms with Crippen molar-refractivity contribution < 1.29 is 10.2 Å². The summed E-state index contributed by atoms with van der Waals surface area (Å²) in [6.07, 6.45) is -0.885. The maximum absolute atomic E-state index is 9.60. The van der Waals surface area contributed by atoms with Crippen molar-refractivity contribution >= 4 is 22.6 Å². The van der Waals surface area contributed by atoms with Crippen LogP contribution in [-0.2, 0) is 0 Å². The van der Waals surface area contributed by atoms with Crippen molar-refractivity contribution in [2.75, 3.05) is 7.05 Å². The van der Waals surface area contributed by atoms with E-state index >= 15 is 0 Å². The maximum Gasteiger partial charge on any atom is 0.168 e. The second-order valence-corrected chi connectivity index (χ2v) is 5.30. The Bertz CT molecular complexity index is 462. The highest BCUT2D eigenvalue weighted by atomic mass is 32.2. The van der Waals surface area contributed by atoms with Crippen molar-refractivity contribution in [2.45, 2.75) is 25.5 Å². The molecule has 0 aliphatic carbocycles. The van der Waals surface area contributed by atoms with Gasteiger partial charge >= 0.3 is 0 Å². The van der Waals surface area contributed by atoms with Gasteiger partial charge in [-0.2, -0.15) is 0 Å². The molecule has 92 valence electrons. The van der Waals surface area contributed by atoms with E-state index in [1.54, 1.807) is 11.9 Å². The molecule has 0 bridgehead atoms. The highest BCUT2D eigenvalue weighted by Gasteiger charge is 2.34. The van der Waals surface area contributed by atoms with Gasteiger partial charge in [-0.15, -0.1) is 0 Å². The van der Waals surface area contributed by atoms with Gasteiger partial charge in [0.2, 0.25) is 0 Å². The van der Waals surface area contributed by atoms with Crippen molar-refractivity contribution in [3.63, 3.8) is 0 Å². The zero-order chi connectivity index (χ0) is 12.6. The molecule has 2 unspecified atom stereocenters. The van der Waals surface area contributed by atoms with Crippen molar-refractivity contribution in [1.29, 1.82) is 0 Å². The molecule has 4 nitrogen and oxygen atoms in total. The van der Waals surface area contributed by atoms with Crippen LogP contribution in [0.25, 0.3) is 0 Å². The minimum absolute atomic E-state index is 0.636. The number of aliphatic imine (C=N–C) groups is 1. The molecule has 0 saturated carbocycles. The summed E-state index contributed by atoms with van der Waals surface area (Å²) in [4.78, 5) is 6.04. The van der Waals surface area contributed by atoms with Gasteiger partial charge in [-0.3, -0.25) is 0 Å². The van der Waals surface area contributed by atoms with Crippen LogP contribution in [0.15, 0.2) is 23.2 Å². The normalized spacial score (nSPS) is 26.9. The first kappa shape index (κ1) is 12.4. The number of hydrogen-bond donors (Lipinski definition) is 2. The van der Waals surface area contributed by atoms with Crippen LogP contribution in [0.5, 0.6) is 0 Å². The zero-order valence-electron chi connectivity index (χ0n) is 10.1. The van der Waals surface area contributed by atoms with Gasteiger partial charge in [-0.1, -0.05) is 29.5 Å². The second-order valence-electron chi connectivity index (χ2n) is 4.22. The Balaban J connectivity index is 2.31. The van der Waals surface area contributed by atoms with Crippen LogP contribution >= 0.6 is 11.8 Å². The summed E-state index contributed by atoms with van der Waals surface area (Å²) in [5.41, 5.74) is 2.32. The van der Waals surface area contributed by atoms with Crippen LogP contribution in [0.2, 0.25) is 0 Å². The number of aliphatic hydroxyl groups is 2. The second kappa shape index (κ2) is 4.68. The number of aliphatic hydroxyl groups excluding tert-OH is 2. The SMILES string of the molecule is Cc1ccc(N=C2SC(O)C(O)N2C)c(C)c1. The summed E-state index contributed by atoms with van der Waals surface area (Å²) in [5.74, 6) is 0. The van der Waals surface area contributed by atoms with Crippen LogP contribution in [0.1, 0.15) is 11.1 Å². The summed E-state index contributed by atoms with van der Waals surface area (Å²) < 4.78 is 0. The van der Waals surface area contributed by atoms with E-state index in [0.717, 1.165) is 11.3 Å². The maximum atomic E-state index is 9.60. The van der Waals surface area contributed by atoms with Gasteiger partial charge in [0.15, 0.2) is 16.8 Å². The Morgan fingerprint density at radius 2 is 2.00 bits per heavy atom. The van der Waals surface area contributed by atoms with Gasteiger partial charge in [0.1, 0.15) is 0 Å². The van der Waals surface area contributed by atoms with Gasteiger partial charge in [-0.25, -0.2) is 4.99 Å². The lowest BCUT2D eigenvalue weighted by Crippen LogP contribution is -2.33. The quantitative estimate of drug-likeness (QED) is 0.797. The minimum atomic E-state index is -0.885. The van der Waals surface area contributed by atoms with E-state index in [-0.39, 0.29) is 0 Å². The van der Waals surface area contributed by atoms with Gasteiger partial charge in [-0.05, 0) is 25.5 Å². The number of hydrogen-bond acceptors (Lipinski definition) is 4. The largest absolute Gasteiger partial charge is 0.377 e. The fourth-order valence-electron chi connectivity index (χ4n) is 1.70. The topological polar surface area (TPSA) is 56.1 Å². The molecular formula is C12H16N2O2S. The standard InChI is InChI=1S/C12H16N2O2S/c1-7-4-5-9(8(2)6-7)13-12-14(3)10(15)11(16)17-12/h4-6,10-11,15-16H,1-3H3. The lowest BCUT2D eigenvalue weighted by atomic mass is 10.1. The number of amidine groups is 1. The Labute approximate surface area is 105 Å². The van der Waals surface area contributed by atoms with E-state index in [2.05, 4.69) is 11.1 Å². The van der Waals surface area contributed by atoms with Crippen molar-refractivity contribution in [1.82, 2.24) is 4.90 Å². The summed E-state index contributed by atoms with van der Waals surface area (Å²) >= 11 is 1.17. The van der Waals surface area contributed by atoms with Crippen LogP contribution in [-0.4, -0.2) is 39.0 Å². The van der Waals surface area contributed by atoms with Gasteiger partial charge < -0.3 is 15.1 Å². The van der Waals surface area contributed by atoms with Crippen LogP contribution in [0.3, 0.4) is 0 Å². The lowest BCUT2D eigenvalue weighted by Gasteiger charge is -2.16. The molecule has 0 aromatic heterocycles. The molecule has 0 spiro atoms. The number of likely N-dealkylation sites (N-methyl/N-ethyl adjacent to an activating group) is 1. The number of aryl methyl sites for hydroxylation is 2. The first-order valence-corrected chi connectivity index (χ1v) is 6.28. The Morgan fingerprint density at radius 3 is 2.53 bits per heavy atom. The van der Waals surface area contributed by atoms with E-state index in [1.807, 2.05) is 26.0 Å². The summed E-state index contributed by atoms with van der Waals surface area (Å²) in [7, 11) is 1.72. The molecule has 2 N–H and O–H groups in total. The third-order valence-electron chi connectivity index (χ3n) is 2.75. The summed E-state index contributed by atoms with van der Waals surface area (Å²) in [6, 6.07) is 6.01. The average molecular weight is 252 g/mol. The molecule has 2 atom stereocenters. The number of thioether (sulfide) groups is 1. The van der Waals surface area contributed by atoms with Gasteiger partial charge in [0, 0.05) is 7.05 Å². The van der Waals surface area contributed by atoms with E-state index in [4.69, 9.17) is 0 Å². The lowest BCUT2D eigenvalue weighted by molar-refractivity contribution is 0.00782. The van der Waals surface area contributed by atoms with Crippen molar-refractivity contribution in [2.24, 2.45) is 4.99 Å². The monoisotopic (exact) mass is 252 g/mol. The van der Waals surface area contributed by atoms with Gasteiger partial charge in [0.25, 0.3) is 0 Å². The van der Waals surface area contributed by atoms with Crippen LogP contribution in [0, 0.1) is 13.8 Å². The van der Waals surface area contributed by atoms with Gasteiger partial charge in [0.05, 0.1) is 5.69 Å². The molecule has 1 saturated heterocycles. The Hall–Kier alpha value is -1.04. The number of rotatable bonds is 1. The smallest absolute Gasteiger partial charge is 0.168 e. The van der Waals surface area contributed by atoms with Crippen LogP contribution in [0.4, 0.5) is 5.69 Å². The molecule has 1 aliphatic heterocycles. The van der Waals surface area contributed by atoms with E-state index < -0.39 is 11.7 Å². The predicted molar refractivity (Wildman–Crippen MR) is 70.4 cm³/mol. The highest BCUT2D eigenvalue weighted by molar-refractivity contribution is 8.14. The Morgan fingerprint density at radius 1 is 1.29 bits per heavy atom.